The summed E-state index contributed by atoms with van der Waals surface area (Å²) >= 11 is 0. The monoisotopic (exact) mass is 244 g/mol. The molecule has 0 bridgehead atoms. The van der Waals surface area contributed by atoms with E-state index >= 15 is 0 Å². The van der Waals surface area contributed by atoms with Crippen molar-refractivity contribution in [1.29, 1.82) is 0 Å². The number of carbonyl (C=O) groups is 3. The van der Waals surface area contributed by atoms with Crippen LogP contribution in [-0.2, 0) is 14.4 Å². The van der Waals surface area contributed by atoms with E-state index in [-0.39, 0.29) is 29.7 Å². The maximum atomic E-state index is 10.1. The molecule has 0 radical (unpaired) electrons. The third-order valence-corrected chi connectivity index (χ3v) is 1.31. The Kier molecular flexibility index (Phi) is 16.4. The average Bonchev–Trinajstić information content (AvgIpc) is 2.00. The van der Waals surface area contributed by atoms with E-state index in [4.69, 9.17) is 0 Å². The Labute approximate surface area is 106 Å². The molecule has 0 fully saturated rings. The molecule has 102 valence electrons. The first-order valence-corrected chi connectivity index (χ1v) is 5.99. The van der Waals surface area contributed by atoms with Crippen molar-refractivity contribution < 1.29 is 14.4 Å². The van der Waals surface area contributed by atoms with Gasteiger partial charge in [0.15, 0.2) is 0 Å². The molecule has 0 saturated heterocycles. The summed E-state index contributed by atoms with van der Waals surface area (Å²) in [4.78, 5) is 30.2. The zero-order valence-electron chi connectivity index (χ0n) is 12.6. The van der Waals surface area contributed by atoms with Gasteiger partial charge in [-0.2, -0.15) is 0 Å². The number of ketones is 3. The number of hydrogen-bond acceptors (Lipinski definition) is 3. The Morgan fingerprint density at radius 2 is 0.941 bits per heavy atom. The van der Waals surface area contributed by atoms with Crippen molar-refractivity contribution in [3.8, 4) is 0 Å². The Balaban J connectivity index is -0.000000180. The van der Waals surface area contributed by atoms with E-state index in [1.165, 1.54) is 13.8 Å². The zero-order chi connectivity index (χ0) is 14.6. The fourth-order valence-electron chi connectivity index (χ4n) is 0.351. The van der Waals surface area contributed by atoms with E-state index in [2.05, 4.69) is 20.8 Å². The number of hydrogen-bond donors (Lipinski definition) is 0. The topological polar surface area (TPSA) is 51.2 Å². The highest BCUT2D eigenvalue weighted by atomic mass is 16.1. The van der Waals surface area contributed by atoms with E-state index in [0.717, 1.165) is 5.92 Å². The molecule has 17 heavy (non-hydrogen) atoms. The van der Waals surface area contributed by atoms with Gasteiger partial charge >= 0.3 is 0 Å². The van der Waals surface area contributed by atoms with Crippen molar-refractivity contribution >= 4 is 17.3 Å². The highest BCUT2D eigenvalue weighted by Gasteiger charge is 1.95. The molecule has 0 rings (SSSR count). The van der Waals surface area contributed by atoms with Gasteiger partial charge in [-0.05, 0) is 26.7 Å². The molecule has 0 aromatic heterocycles. The Bertz CT molecular complexity index is 213. The van der Waals surface area contributed by atoms with Crippen LogP contribution < -0.4 is 0 Å². The van der Waals surface area contributed by atoms with Crippen LogP contribution in [-0.4, -0.2) is 17.3 Å². The third kappa shape index (κ3) is 51.7. The van der Waals surface area contributed by atoms with Gasteiger partial charge in [0.2, 0.25) is 0 Å². The van der Waals surface area contributed by atoms with E-state index in [0.29, 0.717) is 0 Å². The van der Waals surface area contributed by atoms with Crippen LogP contribution in [0.2, 0.25) is 0 Å². The molecule has 0 unspecified atom stereocenters. The van der Waals surface area contributed by atoms with Crippen LogP contribution in [0, 0.1) is 11.8 Å². The van der Waals surface area contributed by atoms with E-state index in [1.807, 2.05) is 13.8 Å². The van der Waals surface area contributed by atoms with Crippen LogP contribution in [0.5, 0.6) is 0 Å². The highest BCUT2D eigenvalue weighted by Crippen LogP contribution is 1.89. The fraction of sp³-hybridized carbons (Fsp3) is 0.786. The van der Waals surface area contributed by atoms with Crippen molar-refractivity contribution in [1.82, 2.24) is 0 Å². The first-order chi connectivity index (χ1) is 7.50. The maximum Gasteiger partial charge on any atom is 0.137 e. The van der Waals surface area contributed by atoms with Gasteiger partial charge in [-0.15, -0.1) is 0 Å². The number of Topliss-reactive ketones (excluding diaryl/α,β-unsaturated/α-hetero) is 3. The summed E-state index contributed by atoms with van der Waals surface area (Å²) in [5.41, 5.74) is 0. The standard InChI is InChI=1S/C5H8O2.C5H10O.C4H10/c1-4(6)3-5(2)7;1-4(2)5(3)6;1-4(2)3/h3H2,1-2H3;4H,1-3H3;4H,1-3H3. The Hall–Kier alpha value is -0.990. The van der Waals surface area contributed by atoms with Crippen molar-refractivity contribution in [2.45, 2.75) is 61.8 Å². The molecule has 0 saturated carbocycles. The first-order valence-electron chi connectivity index (χ1n) is 5.99. The van der Waals surface area contributed by atoms with Crippen LogP contribution in [0.4, 0.5) is 0 Å². The largest absolute Gasteiger partial charge is 0.300 e. The van der Waals surface area contributed by atoms with Crippen molar-refractivity contribution in [3.63, 3.8) is 0 Å². The molecular weight excluding hydrogens is 216 g/mol. The molecule has 0 amide bonds. The Morgan fingerprint density at radius 3 is 0.941 bits per heavy atom. The predicted molar refractivity (Wildman–Crippen MR) is 72.0 cm³/mol. The molecule has 0 spiro atoms. The summed E-state index contributed by atoms with van der Waals surface area (Å²) < 4.78 is 0. The third-order valence-electron chi connectivity index (χ3n) is 1.31. The van der Waals surface area contributed by atoms with Gasteiger partial charge in [-0.25, -0.2) is 0 Å². The second-order valence-corrected chi connectivity index (χ2v) is 5.08. The maximum absolute atomic E-state index is 10.1. The van der Waals surface area contributed by atoms with Gasteiger partial charge in [-0.3, -0.25) is 14.4 Å². The summed E-state index contributed by atoms with van der Waals surface area (Å²) in [6, 6.07) is 0. The molecule has 3 heteroatoms. The average molecular weight is 244 g/mol. The molecule has 0 aliphatic rings. The minimum atomic E-state index is -0.0625. The molecule has 0 aromatic rings. The SMILES string of the molecule is CC(=O)C(C)C.CC(=O)CC(C)=O.CC(C)C. The lowest BCUT2D eigenvalue weighted by molar-refractivity contribution is -0.124. The minimum Gasteiger partial charge on any atom is -0.300 e. The van der Waals surface area contributed by atoms with Crippen LogP contribution in [0.25, 0.3) is 0 Å². The Morgan fingerprint density at radius 1 is 0.765 bits per heavy atom. The molecule has 0 heterocycles. The quantitative estimate of drug-likeness (QED) is 0.714. The lowest BCUT2D eigenvalue weighted by Gasteiger charge is -1.90. The molecule has 0 aromatic carbocycles. The second-order valence-electron chi connectivity index (χ2n) is 5.08. The lowest BCUT2D eigenvalue weighted by Crippen LogP contribution is -1.98. The molecule has 3 nitrogen and oxygen atoms in total. The summed E-state index contributed by atoms with van der Waals surface area (Å²) in [6.45, 7) is 14.7. The summed E-state index contributed by atoms with van der Waals surface area (Å²) in [5.74, 6) is 1.18. The van der Waals surface area contributed by atoms with Gasteiger partial charge < -0.3 is 0 Å². The lowest BCUT2D eigenvalue weighted by atomic mass is 10.1. The summed E-state index contributed by atoms with van der Waals surface area (Å²) in [7, 11) is 0. The van der Waals surface area contributed by atoms with Crippen molar-refractivity contribution in [3.05, 3.63) is 0 Å². The second kappa shape index (κ2) is 13.1. The van der Waals surface area contributed by atoms with Crippen LogP contribution in [0.1, 0.15) is 61.8 Å². The minimum absolute atomic E-state index is 0.0625. The normalized spacial score (nSPS) is 8.82. The van der Waals surface area contributed by atoms with Crippen molar-refractivity contribution in [2.75, 3.05) is 0 Å². The number of rotatable bonds is 3. The first kappa shape index (κ1) is 21.3. The summed E-state index contributed by atoms with van der Waals surface area (Å²) in [5, 5.41) is 0. The molecule has 0 N–H and O–H groups in total. The molecule has 0 atom stereocenters. The van der Waals surface area contributed by atoms with E-state index < -0.39 is 0 Å². The van der Waals surface area contributed by atoms with Crippen LogP contribution in [0.3, 0.4) is 0 Å². The van der Waals surface area contributed by atoms with Gasteiger partial charge in [0.1, 0.15) is 17.3 Å². The van der Waals surface area contributed by atoms with Crippen LogP contribution >= 0.6 is 0 Å². The molecule has 0 aliphatic heterocycles. The fourth-order valence-corrected chi connectivity index (χ4v) is 0.351. The smallest absolute Gasteiger partial charge is 0.137 e. The van der Waals surface area contributed by atoms with Crippen LogP contribution in [0.15, 0.2) is 0 Å². The van der Waals surface area contributed by atoms with Gasteiger partial charge in [0.25, 0.3) is 0 Å². The van der Waals surface area contributed by atoms with Gasteiger partial charge in [0.05, 0.1) is 6.42 Å². The van der Waals surface area contributed by atoms with E-state index in [1.54, 1.807) is 6.92 Å². The summed E-state index contributed by atoms with van der Waals surface area (Å²) in [6.07, 6.45) is 0.0833. The van der Waals surface area contributed by atoms with Gasteiger partial charge in [-0.1, -0.05) is 34.6 Å². The molecular formula is C14H28O3. The molecule has 0 aliphatic carbocycles. The predicted octanol–water partition coefficient (Wildman–Crippen LogP) is 3.45. The number of carbonyl (C=O) groups excluding carboxylic acids is 3. The highest BCUT2D eigenvalue weighted by molar-refractivity contribution is 5.96. The van der Waals surface area contributed by atoms with Gasteiger partial charge in [0, 0.05) is 5.92 Å². The van der Waals surface area contributed by atoms with Crippen molar-refractivity contribution in [2.24, 2.45) is 11.8 Å². The van der Waals surface area contributed by atoms with E-state index in [9.17, 15) is 14.4 Å². The zero-order valence-corrected chi connectivity index (χ0v) is 12.6.